The Morgan fingerprint density at radius 3 is 2.83 bits per heavy atom. The zero-order valence-corrected chi connectivity index (χ0v) is 11.5. The number of carbonyl (C=O) groups is 1. The third kappa shape index (κ3) is 2.83. The van der Waals surface area contributed by atoms with E-state index in [9.17, 15) is 4.79 Å². The van der Waals surface area contributed by atoms with Crippen LogP contribution in [-0.2, 0) is 4.79 Å². The summed E-state index contributed by atoms with van der Waals surface area (Å²) in [6, 6.07) is 1.79. The summed E-state index contributed by atoms with van der Waals surface area (Å²) in [6.07, 6.45) is 1.60. The molecule has 0 saturated heterocycles. The van der Waals surface area contributed by atoms with E-state index in [1.165, 1.54) is 0 Å². The molecule has 0 saturated carbocycles. The summed E-state index contributed by atoms with van der Waals surface area (Å²) in [4.78, 5) is 24.7. The Bertz CT molecular complexity index is 584. The van der Waals surface area contributed by atoms with Gasteiger partial charge in [0.1, 0.15) is 5.88 Å². The molecule has 0 unspecified atom stereocenters. The number of alkyl halides is 1. The molecule has 0 aromatic carbocycles. The lowest BCUT2D eigenvalue weighted by atomic mass is 10.3. The molecule has 1 N–H and O–H groups in total. The second kappa shape index (κ2) is 5.41. The number of carbonyl (C=O) groups excluding carboxylic acids is 1. The number of aromatic nitrogens is 3. The van der Waals surface area contributed by atoms with Crippen LogP contribution in [0.4, 0.5) is 5.95 Å². The van der Waals surface area contributed by atoms with Gasteiger partial charge in [-0.15, -0.1) is 22.9 Å². The maximum absolute atomic E-state index is 11.2. The van der Waals surface area contributed by atoms with Crippen LogP contribution in [0, 0.1) is 13.8 Å². The molecule has 7 heteroatoms. The summed E-state index contributed by atoms with van der Waals surface area (Å²) in [5.74, 6) is -0.193. The fourth-order valence-corrected chi connectivity index (χ4v) is 2.43. The van der Waals surface area contributed by atoms with Crippen LogP contribution in [0.25, 0.3) is 10.6 Å². The van der Waals surface area contributed by atoms with Gasteiger partial charge in [-0.3, -0.25) is 10.1 Å². The zero-order valence-electron chi connectivity index (χ0n) is 9.90. The van der Waals surface area contributed by atoms with Gasteiger partial charge in [0.05, 0.1) is 21.3 Å². The maximum Gasteiger partial charge on any atom is 0.241 e. The van der Waals surface area contributed by atoms with Crippen LogP contribution in [0.2, 0.25) is 0 Å². The second-order valence-electron chi connectivity index (χ2n) is 3.59. The lowest BCUT2D eigenvalue weighted by Crippen LogP contribution is -2.14. The molecule has 0 radical (unpaired) electrons. The van der Waals surface area contributed by atoms with Crippen molar-refractivity contribution in [3.63, 3.8) is 0 Å². The molecule has 0 spiro atoms. The van der Waals surface area contributed by atoms with E-state index in [0.29, 0.717) is 0 Å². The van der Waals surface area contributed by atoms with Crippen molar-refractivity contribution in [3.05, 3.63) is 23.0 Å². The van der Waals surface area contributed by atoms with Crippen LogP contribution < -0.4 is 5.32 Å². The van der Waals surface area contributed by atoms with Crippen molar-refractivity contribution < 1.29 is 4.79 Å². The molecule has 0 bridgehead atoms. The molecule has 2 heterocycles. The van der Waals surface area contributed by atoms with Gasteiger partial charge in [0, 0.05) is 6.20 Å². The van der Waals surface area contributed by atoms with Gasteiger partial charge in [-0.05, 0) is 19.9 Å². The molecule has 1 amide bonds. The molecule has 18 heavy (non-hydrogen) atoms. The number of nitrogens with zero attached hydrogens (tertiary/aromatic N) is 3. The predicted octanol–water partition coefficient (Wildman–Crippen LogP) is 2.39. The quantitative estimate of drug-likeness (QED) is 0.878. The van der Waals surface area contributed by atoms with Crippen LogP contribution in [-0.4, -0.2) is 26.7 Å². The van der Waals surface area contributed by atoms with Crippen LogP contribution in [0.5, 0.6) is 0 Å². The molecule has 2 aromatic heterocycles. The van der Waals surface area contributed by atoms with E-state index >= 15 is 0 Å². The second-order valence-corrected chi connectivity index (χ2v) is 5.07. The van der Waals surface area contributed by atoms with Crippen molar-refractivity contribution in [2.24, 2.45) is 0 Å². The Labute approximate surface area is 113 Å². The van der Waals surface area contributed by atoms with Crippen LogP contribution in [0.15, 0.2) is 12.3 Å². The first-order chi connectivity index (χ1) is 8.60. The topological polar surface area (TPSA) is 67.8 Å². The number of aryl methyl sites for hydroxylation is 2. The normalized spacial score (nSPS) is 10.4. The van der Waals surface area contributed by atoms with Gasteiger partial charge in [-0.1, -0.05) is 0 Å². The standard InChI is InChI=1S/C11H11ClN4OS/c1-6-10(18-7(2)14-6)8-3-4-13-11(15-8)16-9(17)5-12/h3-4H,5H2,1-2H3,(H,13,15,16,17). The minimum absolute atomic E-state index is 0.119. The summed E-state index contributed by atoms with van der Waals surface area (Å²) in [6.45, 7) is 3.87. The minimum atomic E-state index is -0.328. The Kier molecular flexibility index (Phi) is 3.88. The van der Waals surface area contributed by atoms with Crippen molar-refractivity contribution in [2.75, 3.05) is 11.2 Å². The summed E-state index contributed by atoms with van der Waals surface area (Å²) in [7, 11) is 0. The van der Waals surface area contributed by atoms with Crippen molar-refractivity contribution in [1.29, 1.82) is 0 Å². The molecule has 0 aliphatic rings. The Balaban J connectivity index is 2.32. The first-order valence-corrected chi connectivity index (χ1v) is 6.58. The van der Waals surface area contributed by atoms with Crippen molar-refractivity contribution in [3.8, 4) is 10.6 Å². The fourth-order valence-electron chi connectivity index (χ4n) is 1.47. The smallest absolute Gasteiger partial charge is 0.241 e. The number of halogens is 1. The summed E-state index contributed by atoms with van der Waals surface area (Å²) < 4.78 is 0. The molecule has 5 nitrogen and oxygen atoms in total. The van der Waals surface area contributed by atoms with Gasteiger partial charge in [-0.25, -0.2) is 15.0 Å². The number of anilines is 1. The minimum Gasteiger partial charge on any atom is -0.293 e. The van der Waals surface area contributed by atoms with Crippen molar-refractivity contribution in [2.45, 2.75) is 13.8 Å². The maximum atomic E-state index is 11.2. The lowest BCUT2D eigenvalue weighted by Gasteiger charge is -2.03. The van der Waals surface area contributed by atoms with Gasteiger partial charge in [0.15, 0.2) is 0 Å². The predicted molar refractivity (Wildman–Crippen MR) is 72.0 cm³/mol. The van der Waals surface area contributed by atoms with Gasteiger partial charge in [-0.2, -0.15) is 0 Å². The zero-order chi connectivity index (χ0) is 13.1. The van der Waals surface area contributed by atoms with Crippen LogP contribution in [0.3, 0.4) is 0 Å². The van der Waals surface area contributed by atoms with Crippen molar-refractivity contribution in [1.82, 2.24) is 15.0 Å². The molecule has 0 fully saturated rings. The molecule has 0 aliphatic carbocycles. The number of amides is 1. The highest BCUT2D eigenvalue weighted by Crippen LogP contribution is 2.28. The van der Waals surface area contributed by atoms with E-state index in [1.807, 2.05) is 13.8 Å². The Morgan fingerprint density at radius 2 is 2.22 bits per heavy atom. The average molecular weight is 283 g/mol. The molecule has 0 atom stereocenters. The largest absolute Gasteiger partial charge is 0.293 e. The van der Waals surface area contributed by atoms with Gasteiger partial charge in [0.25, 0.3) is 0 Å². The van der Waals surface area contributed by atoms with Gasteiger partial charge in [0.2, 0.25) is 11.9 Å². The fraction of sp³-hybridized carbons (Fsp3) is 0.273. The van der Waals surface area contributed by atoms with E-state index in [1.54, 1.807) is 23.6 Å². The summed E-state index contributed by atoms with van der Waals surface area (Å²) in [5, 5.41) is 3.50. The third-order valence-corrected chi connectivity index (χ3v) is 3.50. The number of thiazole rings is 1. The van der Waals surface area contributed by atoms with E-state index in [0.717, 1.165) is 21.3 Å². The number of hydrogen-bond donors (Lipinski definition) is 1. The molecule has 94 valence electrons. The average Bonchev–Trinajstić information content (AvgIpc) is 2.68. The van der Waals surface area contributed by atoms with E-state index in [4.69, 9.17) is 11.6 Å². The summed E-state index contributed by atoms with van der Waals surface area (Å²) in [5.41, 5.74) is 1.67. The monoisotopic (exact) mass is 282 g/mol. The third-order valence-electron chi connectivity index (χ3n) is 2.16. The van der Waals surface area contributed by atoms with Gasteiger partial charge >= 0.3 is 0 Å². The Morgan fingerprint density at radius 1 is 1.44 bits per heavy atom. The highest BCUT2D eigenvalue weighted by molar-refractivity contribution is 7.15. The molecule has 2 aromatic rings. The lowest BCUT2D eigenvalue weighted by molar-refractivity contribution is -0.114. The highest BCUT2D eigenvalue weighted by atomic mass is 35.5. The number of nitrogens with one attached hydrogen (secondary N) is 1. The van der Waals surface area contributed by atoms with Crippen molar-refractivity contribution >= 4 is 34.8 Å². The Hall–Kier alpha value is -1.53. The highest BCUT2D eigenvalue weighted by Gasteiger charge is 2.10. The first kappa shape index (κ1) is 12.9. The first-order valence-electron chi connectivity index (χ1n) is 5.23. The van der Waals surface area contributed by atoms with Crippen LogP contribution in [0.1, 0.15) is 10.7 Å². The number of rotatable bonds is 3. The van der Waals surface area contributed by atoms with E-state index in [-0.39, 0.29) is 17.7 Å². The molecular weight excluding hydrogens is 272 g/mol. The molecular formula is C11H11ClN4OS. The van der Waals surface area contributed by atoms with E-state index in [2.05, 4.69) is 20.3 Å². The number of hydrogen-bond acceptors (Lipinski definition) is 5. The van der Waals surface area contributed by atoms with E-state index < -0.39 is 0 Å². The molecule has 2 rings (SSSR count). The SMILES string of the molecule is Cc1nc(C)c(-c2ccnc(NC(=O)CCl)n2)s1. The molecule has 0 aliphatic heterocycles. The van der Waals surface area contributed by atoms with Gasteiger partial charge < -0.3 is 0 Å². The van der Waals surface area contributed by atoms with Crippen LogP contribution >= 0.6 is 22.9 Å². The summed E-state index contributed by atoms with van der Waals surface area (Å²) >= 11 is 6.97.